The van der Waals surface area contributed by atoms with E-state index in [4.69, 9.17) is 21.6 Å². The van der Waals surface area contributed by atoms with Crippen LogP contribution in [0.4, 0.5) is 11.5 Å². The Hall–Kier alpha value is -1.85. The Labute approximate surface area is 163 Å². The third-order valence-corrected chi connectivity index (χ3v) is 6.30. The van der Waals surface area contributed by atoms with Crippen LogP contribution in [0, 0.1) is 0 Å². The average Bonchev–Trinajstić information content (AvgIpc) is 3.10. The molecule has 3 aromatic rings. The van der Waals surface area contributed by atoms with Gasteiger partial charge in [-0.25, -0.2) is 9.97 Å². The van der Waals surface area contributed by atoms with E-state index < -0.39 is 0 Å². The molecule has 0 amide bonds. The van der Waals surface area contributed by atoms with Crippen molar-refractivity contribution in [3.63, 3.8) is 0 Å². The molecule has 1 aromatic carbocycles. The maximum absolute atomic E-state index is 6.15. The molecule has 0 N–H and O–H groups in total. The van der Waals surface area contributed by atoms with E-state index in [1.807, 2.05) is 18.2 Å². The van der Waals surface area contributed by atoms with E-state index >= 15 is 0 Å². The topological polar surface area (TPSA) is 32.3 Å². The lowest BCUT2D eigenvalue weighted by Gasteiger charge is -2.37. The maximum atomic E-state index is 6.15. The first kappa shape index (κ1) is 17.6. The standard InChI is InChI=1S/C20H23ClN4S/c1-3-16-13-17-19(22-18(4-2)23-20(17)26-16)25-10-8-24(9-11-25)15-7-5-6-14(21)12-15/h5-7,12-13H,3-4,8-11H2,1-2H3. The number of fused-ring (bicyclic) bond motifs is 1. The fraction of sp³-hybridized carbons (Fsp3) is 0.400. The number of aromatic nitrogens is 2. The SMILES string of the molecule is CCc1nc(N2CCN(c3cccc(Cl)c3)CC2)c2cc(CC)sc2n1. The van der Waals surface area contributed by atoms with Crippen LogP contribution in [-0.4, -0.2) is 36.1 Å². The molecule has 0 radical (unpaired) electrons. The third-order valence-electron chi connectivity index (χ3n) is 4.89. The van der Waals surface area contributed by atoms with Gasteiger partial charge in [0.2, 0.25) is 0 Å². The summed E-state index contributed by atoms with van der Waals surface area (Å²) >= 11 is 7.95. The Kier molecular flexibility index (Phi) is 5.00. The lowest BCUT2D eigenvalue weighted by Crippen LogP contribution is -2.47. The van der Waals surface area contributed by atoms with Crippen LogP contribution < -0.4 is 9.80 Å². The highest BCUT2D eigenvalue weighted by Gasteiger charge is 2.22. The predicted octanol–water partition coefficient (Wildman–Crippen LogP) is 4.80. The second kappa shape index (κ2) is 7.41. The number of rotatable bonds is 4. The molecule has 1 saturated heterocycles. The first-order valence-electron chi connectivity index (χ1n) is 9.22. The Morgan fingerprint density at radius 2 is 1.77 bits per heavy atom. The molecule has 1 aliphatic rings. The summed E-state index contributed by atoms with van der Waals surface area (Å²) in [4.78, 5) is 16.9. The van der Waals surface area contributed by atoms with Crippen molar-refractivity contribution in [2.75, 3.05) is 36.0 Å². The van der Waals surface area contributed by atoms with Crippen molar-refractivity contribution in [1.82, 2.24) is 9.97 Å². The summed E-state index contributed by atoms with van der Waals surface area (Å²) in [5.41, 5.74) is 1.20. The molecule has 0 bridgehead atoms. The lowest BCUT2D eigenvalue weighted by molar-refractivity contribution is 0.647. The summed E-state index contributed by atoms with van der Waals surface area (Å²) in [6.45, 7) is 8.17. The van der Waals surface area contributed by atoms with Gasteiger partial charge in [0.25, 0.3) is 0 Å². The number of benzene rings is 1. The summed E-state index contributed by atoms with van der Waals surface area (Å²) in [7, 11) is 0. The van der Waals surface area contributed by atoms with Crippen molar-refractivity contribution in [1.29, 1.82) is 0 Å². The highest BCUT2D eigenvalue weighted by Crippen LogP contribution is 2.32. The van der Waals surface area contributed by atoms with Crippen LogP contribution in [0.15, 0.2) is 30.3 Å². The summed E-state index contributed by atoms with van der Waals surface area (Å²) < 4.78 is 0. The van der Waals surface area contributed by atoms with Gasteiger partial charge >= 0.3 is 0 Å². The number of halogens is 1. The Bertz CT molecular complexity index is 915. The lowest BCUT2D eigenvalue weighted by atomic mass is 10.2. The number of hydrogen-bond acceptors (Lipinski definition) is 5. The molecular formula is C20H23ClN4S. The van der Waals surface area contributed by atoms with Crippen LogP contribution in [0.2, 0.25) is 5.02 Å². The van der Waals surface area contributed by atoms with E-state index in [2.05, 4.69) is 35.8 Å². The monoisotopic (exact) mass is 386 g/mol. The first-order valence-corrected chi connectivity index (χ1v) is 10.4. The molecule has 2 aromatic heterocycles. The van der Waals surface area contributed by atoms with Gasteiger partial charge in [-0.1, -0.05) is 31.5 Å². The largest absolute Gasteiger partial charge is 0.368 e. The van der Waals surface area contributed by atoms with Crippen LogP contribution >= 0.6 is 22.9 Å². The molecule has 0 atom stereocenters. The molecule has 1 aliphatic heterocycles. The van der Waals surface area contributed by atoms with E-state index in [9.17, 15) is 0 Å². The third kappa shape index (κ3) is 3.38. The van der Waals surface area contributed by atoms with Crippen molar-refractivity contribution in [2.24, 2.45) is 0 Å². The first-order chi connectivity index (χ1) is 12.7. The van der Waals surface area contributed by atoms with E-state index in [1.165, 1.54) is 16.0 Å². The number of aryl methyl sites for hydroxylation is 2. The van der Waals surface area contributed by atoms with Crippen molar-refractivity contribution < 1.29 is 0 Å². The summed E-state index contributed by atoms with van der Waals surface area (Å²) in [5, 5.41) is 2.00. The fourth-order valence-corrected chi connectivity index (χ4v) is 4.59. The summed E-state index contributed by atoms with van der Waals surface area (Å²) in [6, 6.07) is 10.4. The second-order valence-corrected chi connectivity index (χ2v) is 8.11. The smallest absolute Gasteiger partial charge is 0.141 e. The van der Waals surface area contributed by atoms with Gasteiger partial charge in [-0.2, -0.15) is 0 Å². The molecule has 0 spiro atoms. The average molecular weight is 387 g/mol. The molecule has 1 fully saturated rings. The fourth-order valence-electron chi connectivity index (χ4n) is 3.42. The van der Waals surface area contributed by atoms with Crippen molar-refractivity contribution >= 4 is 44.7 Å². The van der Waals surface area contributed by atoms with Gasteiger partial charge in [-0.05, 0) is 30.7 Å². The number of thiophene rings is 1. The zero-order chi connectivity index (χ0) is 18.1. The Morgan fingerprint density at radius 1 is 1.00 bits per heavy atom. The van der Waals surface area contributed by atoms with Gasteiger partial charge in [-0.3, -0.25) is 0 Å². The van der Waals surface area contributed by atoms with Crippen LogP contribution in [-0.2, 0) is 12.8 Å². The zero-order valence-electron chi connectivity index (χ0n) is 15.2. The summed E-state index contributed by atoms with van der Waals surface area (Å²) in [6.07, 6.45) is 1.91. The molecule has 0 saturated carbocycles. The number of hydrogen-bond donors (Lipinski definition) is 0. The molecule has 4 nitrogen and oxygen atoms in total. The highest BCUT2D eigenvalue weighted by molar-refractivity contribution is 7.18. The van der Waals surface area contributed by atoms with E-state index in [-0.39, 0.29) is 0 Å². The molecule has 3 heterocycles. The van der Waals surface area contributed by atoms with E-state index in [1.54, 1.807) is 11.3 Å². The van der Waals surface area contributed by atoms with E-state index in [0.29, 0.717) is 0 Å². The van der Waals surface area contributed by atoms with Gasteiger partial charge in [0.05, 0.1) is 5.39 Å². The van der Waals surface area contributed by atoms with Gasteiger partial charge in [-0.15, -0.1) is 11.3 Å². The van der Waals surface area contributed by atoms with Crippen LogP contribution in [0.1, 0.15) is 24.5 Å². The van der Waals surface area contributed by atoms with Gasteiger partial charge < -0.3 is 9.80 Å². The van der Waals surface area contributed by atoms with Crippen molar-refractivity contribution in [3.05, 3.63) is 46.1 Å². The normalized spacial score (nSPS) is 15.0. The molecule has 6 heteroatoms. The van der Waals surface area contributed by atoms with Gasteiger partial charge in [0.1, 0.15) is 16.5 Å². The molecule has 0 unspecified atom stereocenters. The molecule has 4 rings (SSSR count). The molecule has 136 valence electrons. The second-order valence-electron chi connectivity index (χ2n) is 6.56. The van der Waals surface area contributed by atoms with Gasteiger partial charge in [0.15, 0.2) is 0 Å². The number of piperazine rings is 1. The van der Waals surface area contributed by atoms with Crippen molar-refractivity contribution in [2.45, 2.75) is 26.7 Å². The van der Waals surface area contributed by atoms with E-state index in [0.717, 1.165) is 60.5 Å². The minimum absolute atomic E-state index is 0.792. The van der Waals surface area contributed by atoms with Crippen LogP contribution in [0.5, 0.6) is 0 Å². The number of anilines is 2. The van der Waals surface area contributed by atoms with Crippen molar-refractivity contribution in [3.8, 4) is 0 Å². The van der Waals surface area contributed by atoms with Crippen LogP contribution in [0.3, 0.4) is 0 Å². The highest BCUT2D eigenvalue weighted by atomic mass is 35.5. The summed E-state index contributed by atoms with van der Waals surface area (Å²) in [5.74, 6) is 2.04. The Balaban J connectivity index is 1.60. The van der Waals surface area contributed by atoms with Gasteiger partial charge in [0, 0.05) is 48.2 Å². The molecular weight excluding hydrogens is 364 g/mol. The van der Waals surface area contributed by atoms with Crippen LogP contribution in [0.25, 0.3) is 10.2 Å². The molecule has 0 aliphatic carbocycles. The zero-order valence-corrected chi connectivity index (χ0v) is 16.8. The minimum Gasteiger partial charge on any atom is -0.368 e. The quantitative estimate of drug-likeness (QED) is 0.644. The maximum Gasteiger partial charge on any atom is 0.141 e. The minimum atomic E-state index is 0.792. The number of nitrogens with zero attached hydrogens (tertiary/aromatic N) is 4. The Morgan fingerprint density at radius 3 is 2.46 bits per heavy atom. The molecule has 26 heavy (non-hydrogen) atoms. The predicted molar refractivity (Wildman–Crippen MR) is 112 cm³/mol.